The summed E-state index contributed by atoms with van der Waals surface area (Å²) in [6.45, 7) is 3.91. The minimum atomic E-state index is -1.20. The molecule has 1 rings (SSSR count). The second kappa shape index (κ2) is 9.47. The van der Waals surface area contributed by atoms with Gasteiger partial charge < -0.3 is 20.1 Å². The third kappa shape index (κ3) is 7.18. The number of carbonyl (C=O) groups is 2. The van der Waals surface area contributed by atoms with E-state index in [1.807, 2.05) is 0 Å². The van der Waals surface area contributed by atoms with Crippen LogP contribution in [-0.4, -0.2) is 58.3 Å². The molecule has 1 aromatic rings. The molecule has 25 heavy (non-hydrogen) atoms. The van der Waals surface area contributed by atoms with E-state index in [-0.39, 0.29) is 17.5 Å². The van der Waals surface area contributed by atoms with Gasteiger partial charge in [0, 0.05) is 6.42 Å². The molecule has 2 unspecified atom stereocenters. The minimum absolute atomic E-state index is 0.0606. The Morgan fingerprint density at radius 3 is 2.20 bits per heavy atom. The van der Waals surface area contributed by atoms with Crippen LogP contribution in [0.25, 0.3) is 0 Å². The Balaban J connectivity index is 2.78. The topological polar surface area (TPSA) is 123 Å². The molecule has 0 saturated carbocycles. The maximum atomic E-state index is 12.2. The molecule has 0 heterocycles. The van der Waals surface area contributed by atoms with Gasteiger partial charge in [-0.1, -0.05) is 12.1 Å². The van der Waals surface area contributed by atoms with Crippen molar-refractivity contribution >= 4 is 11.9 Å². The molecule has 1 aromatic carbocycles. The van der Waals surface area contributed by atoms with Crippen LogP contribution in [0.1, 0.15) is 47.9 Å². The molecule has 0 radical (unpaired) electrons. The second-order valence-electron chi connectivity index (χ2n) is 6.25. The van der Waals surface area contributed by atoms with E-state index in [2.05, 4.69) is 0 Å². The molecular weight excluding hydrogens is 332 g/mol. The van der Waals surface area contributed by atoms with Gasteiger partial charge in [0.05, 0.1) is 23.8 Å². The van der Waals surface area contributed by atoms with Gasteiger partial charge in [-0.3, -0.25) is 4.89 Å². The molecule has 0 aliphatic carbocycles. The summed E-state index contributed by atoms with van der Waals surface area (Å²) in [6, 6.07) is 5.81. The van der Waals surface area contributed by atoms with E-state index in [0.717, 1.165) is 0 Å². The lowest BCUT2D eigenvalue weighted by molar-refractivity contribution is -0.311. The van der Waals surface area contributed by atoms with E-state index in [4.69, 9.17) is 19.6 Å². The lowest BCUT2D eigenvalue weighted by Gasteiger charge is -2.24. The molecular formula is C17H24O8. The molecule has 0 aliphatic rings. The third-order valence-electron chi connectivity index (χ3n) is 3.11. The Labute approximate surface area is 145 Å². The van der Waals surface area contributed by atoms with Crippen molar-refractivity contribution in [3.8, 4) is 0 Å². The largest absolute Gasteiger partial charge is 0.459 e. The summed E-state index contributed by atoms with van der Waals surface area (Å²) in [7, 11) is 0. The third-order valence-corrected chi connectivity index (χ3v) is 3.11. The van der Waals surface area contributed by atoms with Crippen LogP contribution in [0, 0.1) is 0 Å². The van der Waals surface area contributed by atoms with Crippen molar-refractivity contribution in [2.45, 2.75) is 45.0 Å². The Kier molecular flexibility index (Phi) is 7.98. The Hall–Kier alpha value is -2.00. The van der Waals surface area contributed by atoms with Gasteiger partial charge >= 0.3 is 11.9 Å². The number of esters is 1. The van der Waals surface area contributed by atoms with Gasteiger partial charge in [-0.25, -0.2) is 9.59 Å². The number of ether oxygens (including phenoxy) is 1. The predicted molar refractivity (Wildman–Crippen MR) is 86.7 cm³/mol. The zero-order valence-electron chi connectivity index (χ0n) is 14.5. The first kappa shape index (κ1) is 21.0. The Morgan fingerprint density at radius 2 is 1.68 bits per heavy atom. The van der Waals surface area contributed by atoms with Crippen molar-refractivity contribution in [1.29, 1.82) is 0 Å². The molecule has 0 amide bonds. The quantitative estimate of drug-likeness (QED) is 0.338. The van der Waals surface area contributed by atoms with Crippen LogP contribution in [0.15, 0.2) is 24.3 Å². The SMILES string of the molecule is CC(O)CC(C)(C)OOC(=O)c1ccccc1C(=O)OCC(O)CO. The fraction of sp³-hybridized carbons (Fsp3) is 0.529. The molecule has 0 aliphatic heterocycles. The normalized spacial score (nSPS) is 13.8. The van der Waals surface area contributed by atoms with Gasteiger partial charge in [0.25, 0.3) is 0 Å². The number of rotatable bonds is 9. The highest BCUT2D eigenvalue weighted by Gasteiger charge is 2.26. The average Bonchev–Trinajstić information content (AvgIpc) is 2.56. The van der Waals surface area contributed by atoms with E-state index < -0.39 is 43.0 Å². The van der Waals surface area contributed by atoms with E-state index in [1.165, 1.54) is 24.3 Å². The fourth-order valence-corrected chi connectivity index (χ4v) is 2.08. The van der Waals surface area contributed by atoms with Crippen molar-refractivity contribution < 1.29 is 39.4 Å². The standard InChI is InChI=1S/C17H24O8/c1-11(19)8-17(2,3)25-24-16(22)14-7-5-4-6-13(14)15(21)23-10-12(20)9-18/h4-7,11-12,18-20H,8-10H2,1-3H3. The molecule has 8 heteroatoms. The van der Waals surface area contributed by atoms with Crippen LogP contribution >= 0.6 is 0 Å². The minimum Gasteiger partial charge on any atom is -0.459 e. The van der Waals surface area contributed by atoms with Gasteiger partial charge in [0.2, 0.25) is 0 Å². The number of aliphatic hydroxyl groups excluding tert-OH is 3. The van der Waals surface area contributed by atoms with Crippen molar-refractivity contribution in [3.63, 3.8) is 0 Å². The number of hydrogen-bond acceptors (Lipinski definition) is 8. The highest BCUT2D eigenvalue weighted by Crippen LogP contribution is 2.19. The number of aliphatic hydroxyl groups is 3. The highest BCUT2D eigenvalue weighted by molar-refractivity contribution is 6.02. The molecule has 0 spiro atoms. The van der Waals surface area contributed by atoms with Gasteiger partial charge in [-0.15, -0.1) is 0 Å². The maximum Gasteiger partial charge on any atom is 0.373 e. The summed E-state index contributed by atoms with van der Waals surface area (Å²) in [5, 5.41) is 27.3. The molecule has 3 N–H and O–H groups in total. The monoisotopic (exact) mass is 356 g/mol. The number of hydrogen-bond donors (Lipinski definition) is 3. The van der Waals surface area contributed by atoms with Gasteiger partial charge in [0.1, 0.15) is 18.3 Å². The zero-order valence-corrected chi connectivity index (χ0v) is 14.5. The fourth-order valence-electron chi connectivity index (χ4n) is 2.08. The molecule has 2 atom stereocenters. The molecule has 0 saturated heterocycles. The first-order valence-corrected chi connectivity index (χ1v) is 7.79. The second-order valence-corrected chi connectivity index (χ2v) is 6.25. The Morgan fingerprint density at radius 1 is 1.12 bits per heavy atom. The smallest absolute Gasteiger partial charge is 0.373 e. The summed E-state index contributed by atoms with van der Waals surface area (Å²) in [5.41, 5.74) is -1.04. The van der Waals surface area contributed by atoms with Crippen molar-refractivity contribution in [3.05, 3.63) is 35.4 Å². The first-order valence-electron chi connectivity index (χ1n) is 7.79. The van der Waals surface area contributed by atoms with Crippen LogP contribution in [-0.2, 0) is 14.5 Å². The van der Waals surface area contributed by atoms with Gasteiger partial charge in [0.15, 0.2) is 0 Å². The summed E-state index contributed by atoms with van der Waals surface area (Å²) in [5.74, 6) is -1.74. The molecule has 140 valence electrons. The molecule has 8 nitrogen and oxygen atoms in total. The summed E-state index contributed by atoms with van der Waals surface area (Å²) in [6.07, 6.45) is -1.61. The lowest BCUT2D eigenvalue weighted by atomic mass is 10.0. The highest BCUT2D eigenvalue weighted by atomic mass is 17.2. The number of benzene rings is 1. The average molecular weight is 356 g/mol. The molecule has 0 bridgehead atoms. The van der Waals surface area contributed by atoms with Crippen LogP contribution < -0.4 is 0 Å². The van der Waals surface area contributed by atoms with Crippen LogP contribution in [0.2, 0.25) is 0 Å². The van der Waals surface area contributed by atoms with E-state index in [9.17, 15) is 19.8 Å². The Bertz CT molecular complexity index is 582. The maximum absolute atomic E-state index is 12.2. The van der Waals surface area contributed by atoms with Crippen LogP contribution in [0.3, 0.4) is 0 Å². The van der Waals surface area contributed by atoms with Crippen molar-refractivity contribution in [1.82, 2.24) is 0 Å². The van der Waals surface area contributed by atoms with E-state index in [1.54, 1.807) is 20.8 Å². The lowest BCUT2D eigenvalue weighted by Crippen LogP contribution is -2.30. The van der Waals surface area contributed by atoms with Gasteiger partial charge in [-0.05, 0) is 32.9 Å². The zero-order chi connectivity index (χ0) is 19.0. The van der Waals surface area contributed by atoms with E-state index >= 15 is 0 Å². The predicted octanol–water partition coefficient (Wildman–Crippen LogP) is 0.834. The molecule has 0 aromatic heterocycles. The summed E-state index contributed by atoms with van der Waals surface area (Å²) >= 11 is 0. The molecule has 0 fully saturated rings. The number of carbonyl (C=O) groups excluding carboxylic acids is 2. The van der Waals surface area contributed by atoms with Crippen LogP contribution in [0.5, 0.6) is 0 Å². The summed E-state index contributed by atoms with van der Waals surface area (Å²) in [4.78, 5) is 34.1. The van der Waals surface area contributed by atoms with Gasteiger partial charge in [-0.2, -0.15) is 4.89 Å². The summed E-state index contributed by atoms with van der Waals surface area (Å²) < 4.78 is 4.84. The van der Waals surface area contributed by atoms with Crippen LogP contribution in [0.4, 0.5) is 0 Å². The van der Waals surface area contributed by atoms with Crippen molar-refractivity contribution in [2.75, 3.05) is 13.2 Å². The first-order chi connectivity index (χ1) is 11.7. The van der Waals surface area contributed by atoms with Crippen molar-refractivity contribution in [2.24, 2.45) is 0 Å². The van der Waals surface area contributed by atoms with E-state index in [0.29, 0.717) is 0 Å².